The summed E-state index contributed by atoms with van der Waals surface area (Å²) in [6.07, 6.45) is 0. The second-order valence-electron chi connectivity index (χ2n) is 0.447. The molecular formula is CH12MnN2O11. The Kier molecular flexibility index (Phi) is 355. The summed E-state index contributed by atoms with van der Waals surface area (Å²) < 4.78 is 0. The number of aliphatic hydroxyl groups excluding tert-OH is 1. The van der Waals surface area contributed by atoms with E-state index < -0.39 is 10.2 Å². The predicted molar refractivity (Wildman–Crippen MR) is 43.3 cm³/mol. The first-order valence-corrected chi connectivity index (χ1v) is 1.54. The van der Waals surface area contributed by atoms with Crippen LogP contribution in [0, 0.1) is 30.6 Å². The maximum absolute atomic E-state index is 8.25. The molecule has 0 aromatic rings. The molecule has 0 rings (SSSR count). The van der Waals surface area contributed by atoms with Crippen LogP contribution in [0.25, 0.3) is 0 Å². The third-order valence-electron chi connectivity index (χ3n) is 0. The Morgan fingerprint density at radius 1 is 0.733 bits per heavy atom. The molecule has 0 atom stereocenters. The van der Waals surface area contributed by atoms with Crippen LogP contribution >= 0.6 is 0 Å². The Hall–Kier alpha value is -1.28. The third kappa shape index (κ3) is 891. The van der Waals surface area contributed by atoms with Crippen LogP contribution in [-0.4, -0.2) is 44.3 Å². The molecule has 99 valence electrons. The molecule has 9 N–H and O–H groups in total. The van der Waals surface area contributed by atoms with E-state index in [9.17, 15) is 0 Å². The van der Waals surface area contributed by atoms with Gasteiger partial charge in [-0.25, -0.2) is 0 Å². The third-order valence-corrected chi connectivity index (χ3v) is 0. The van der Waals surface area contributed by atoms with Crippen molar-refractivity contribution in [1.29, 1.82) is 0 Å². The van der Waals surface area contributed by atoms with Crippen molar-refractivity contribution in [3.8, 4) is 0 Å². The van der Waals surface area contributed by atoms with E-state index in [1.807, 2.05) is 0 Å². The zero-order valence-electron chi connectivity index (χ0n) is 7.17. The second-order valence-corrected chi connectivity index (χ2v) is 0.447. The summed E-state index contributed by atoms with van der Waals surface area (Å²) in [6.45, 7) is 0. The average molecular weight is 283 g/mol. The molecule has 0 aliphatic heterocycles. The minimum atomic E-state index is -1.75. The molecule has 1 radical (unpaired) electrons. The maximum Gasteiger partial charge on any atom is 2.00 e. The number of hydrogen-bond acceptors (Lipinski definition) is 7. The van der Waals surface area contributed by atoms with Crippen molar-refractivity contribution in [3.05, 3.63) is 30.6 Å². The van der Waals surface area contributed by atoms with Crippen molar-refractivity contribution in [1.82, 2.24) is 0 Å². The number of nitrogens with zero attached hydrogens (tertiary/aromatic N) is 2. The summed E-state index contributed by atoms with van der Waals surface area (Å²) in [5.41, 5.74) is 0. The average Bonchev–Trinajstić information content (AvgIpc) is 1.66. The minimum Gasteiger partial charge on any atom is -0.412 e. The van der Waals surface area contributed by atoms with Gasteiger partial charge in [0, 0.05) is 7.11 Å². The summed E-state index contributed by atoms with van der Waals surface area (Å²) in [7, 11) is 1.00. The molecule has 0 amide bonds. The van der Waals surface area contributed by atoms with Crippen molar-refractivity contribution in [2.45, 2.75) is 0 Å². The van der Waals surface area contributed by atoms with E-state index >= 15 is 0 Å². The van der Waals surface area contributed by atoms with Gasteiger partial charge in [-0.15, -0.1) is 0 Å². The quantitative estimate of drug-likeness (QED) is 0.259. The first-order chi connectivity index (χ1) is 4.46. The Morgan fingerprint density at radius 3 is 0.733 bits per heavy atom. The van der Waals surface area contributed by atoms with Gasteiger partial charge in [-0.1, -0.05) is 0 Å². The SMILES string of the molecule is CO.O.O.O.O.O=[N+]([O-])[O-].O=[N+]([O-])[O-].[Mn+2]. The van der Waals surface area contributed by atoms with Crippen molar-refractivity contribution in [2.75, 3.05) is 7.11 Å². The van der Waals surface area contributed by atoms with Crippen LogP contribution in [-0.2, 0) is 17.1 Å². The van der Waals surface area contributed by atoms with Crippen molar-refractivity contribution in [3.63, 3.8) is 0 Å². The first kappa shape index (κ1) is 67.9. The van der Waals surface area contributed by atoms with Gasteiger partial charge in [-0.3, -0.25) is 0 Å². The Bertz CT molecular complexity index is 76.6. The molecule has 0 unspecified atom stereocenters. The van der Waals surface area contributed by atoms with Crippen molar-refractivity contribution in [2.24, 2.45) is 0 Å². The molecule has 13 nitrogen and oxygen atoms in total. The van der Waals surface area contributed by atoms with Gasteiger partial charge in [0.05, 0.1) is 10.2 Å². The summed E-state index contributed by atoms with van der Waals surface area (Å²) in [5, 5.41) is 36.5. The fraction of sp³-hybridized carbons (Fsp3) is 1.00. The van der Waals surface area contributed by atoms with Crippen LogP contribution in [0.1, 0.15) is 0 Å². The predicted octanol–water partition coefficient (Wildman–Crippen LogP) is -4.17. The molecule has 0 saturated heterocycles. The van der Waals surface area contributed by atoms with E-state index in [-0.39, 0.29) is 39.0 Å². The molecule has 14 heteroatoms. The summed E-state index contributed by atoms with van der Waals surface area (Å²) in [6, 6.07) is 0. The molecule has 0 aliphatic rings. The molecule has 0 saturated carbocycles. The molecule has 0 spiro atoms. The van der Waals surface area contributed by atoms with E-state index in [1.165, 1.54) is 0 Å². The fourth-order valence-corrected chi connectivity index (χ4v) is 0. The van der Waals surface area contributed by atoms with Crippen LogP contribution in [0.5, 0.6) is 0 Å². The van der Waals surface area contributed by atoms with Crippen LogP contribution in [0.15, 0.2) is 0 Å². The van der Waals surface area contributed by atoms with Crippen molar-refractivity contribution < 1.29 is 54.3 Å². The normalized spacial score (nSPS) is 3.60. The molecule has 0 aromatic carbocycles. The summed E-state index contributed by atoms with van der Waals surface area (Å²) >= 11 is 0. The molecule has 0 aromatic heterocycles. The van der Waals surface area contributed by atoms with Gasteiger partial charge in [0.1, 0.15) is 0 Å². The van der Waals surface area contributed by atoms with Crippen LogP contribution < -0.4 is 0 Å². The fourth-order valence-electron chi connectivity index (χ4n) is 0. The van der Waals surface area contributed by atoms with E-state index in [1.54, 1.807) is 0 Å². The number of rotatable bonds is 0. The van der Waals surface area contributed by atoms with Gasteiger partial charge in [-0.2, -0.15) is 0 Å². The smallest absolute Gasteiger partial charge is 0.412 e. The Balaban J connectivity index is -0.00000000726. The second kappa shape index (κ2) is 78.4. The van der Waals surface area contributed by atoms with Gasteiger partial charge in [0.15, 0.2) is 0 Å². The zero-order chi connectivity index (χ0) is 9.15. The maximum atomic E-state index is 8.25. The van der Waals surface area contributed by atoms with E-state index in [0.717, 1.165) is 7.11 Å². The zero-order valence-corrected chi connectivity index (χ0v) is 8.35. The molecular weight excluding hydrogens is 271 g/mol. The molecule has 0 heterocycles. The van der Waals surface area contributed by atoms with Gasteiger partial charge >= 0.3 is 17.1 Å². The molecule has 15 heavy (non-hydrogen) atoms. The van der Waals surface area contributed by atoms with Crippen molar-refractivity contribution >= 4 is 0 Å². The van der Waals surface area contributed by atoms with E-state index in [0.29, 0.717) is 0 Å². The van der Waals surface area contributed by atoms with E-state index in [4.69, 9.17) is 35.7 Å². The van der Waals surface area contributed by atoms with Gasteiger partial charge in [-0.05, 0) is 0 Å². The summed E-state index contributed by atoms with van der Waals surface area (Å²) in [5.74, 6) is 0. The first-order valence-electron chi connectivity index (χ1n) is 1.54. The largest absolute Gasteiger partial charge is 2.00 e. The van der Waals surface area contributed by atoms with Gasteiger partial charge < -0.3 is 57.7 Å². The molecule has 0 bridgehead atoms. The van der Waals surface area contributed by atoms with E-state index in [2.05, 4.69) is 0 Å². The van der Waals surface area contributed by atoms with Gasteiger partial charge in [0.2, 0.25) is 0 Å². The van der Waals surface area contributed by atoms with Crippen LogP contribution in [0.3, 0.4) is 0 Å². The van der Waals surface area contributed by atoms with Gasteiger partial charge in [0.25, 0.3) is 0 Å². The summed E-state index contributed by atoms with van der Waals surface area (Å²) in [4.78, 5) is 16.5. The van der Waals surface area contributed by atoms with Crippen LogP contribution in [0.4, 0.5) is 0 Å². The monoisotopic (exact) mass is 283 g/mol. The molecule has 0 fully saturated rings. The topological polar surface area (TPSA) is 279 Å². The van der Waals surface area contributed by atoms with Crippen LogP contribution in [0.2, 0.25) is 0 Å². The molecule has 0 aliphatic carbocycles. The standard InChI is InChI=1S/CH4O.Mn.2NO3.4H2O/c1-2;;2*2-1(3)4;;;;/h2H,1H3;;;;4*1H2/q;+2;2*-1;;;;. The Labute approximate surface area is 92.9 Å². The number of hydrogen-bond donors (Lipinski definition) is 1. The minimum absolute atomic E-state index is 0. The Morgan fingerprint density at radius 2 is 0.733 bits per heavy atom. The number of aliphatic hydroxyl groups is 1.